The molecule has 34 heavy (non-hydrogen) atoms. The fourth-order valence-corrected chi connectivity index (χ4v) is 3.90. The van der Waals surface area contributed by atoms with Crippen molar-refractivity contribution in [3.63, 3.8) is 0 Å². The number of nitrogens with one attached hydrogen (secondary N) is 3. The lowest BCUT2D eigenvalue weighted by atomic mass is 9.93. The second-order valence-electron chi connectivity index (χ2n) is 9.42. The smallest absolute Gasteiger partial charge is 0.347 e. The molecule has 3 aromatic heterocycles. The molecule has 0 aliphatic rings. The Morgan fingerprint density at radius 1 is 1.12 bits per heavy atom. The molecule has 0 spiro atoms. The van der Waals surface area contributed by atoms with Crippen LogP contribution in [0.2, 0.25) is 0 Å². The Balaban J connectivity index is 1.33. The molecule has 0 aliphatic carbocycles. The molecule has 0 saturated heterocycles. The van der Waals surface area contributed by atoms with Gasteiger partial charge in [-0.05, 0) is 35.7 Å². The molecule has 8 heteroatoms. The fourth-order valence-electron chi connectivity index (χ4n) is 3.90. The van der Waals surface area contributed by atoms with Gasteiger partial charge in [-0.25, -0.2) is 19.3 Å². The van der Waals surface area contributed by atoms with Crippen molar-refractivity contribution in [1.82, 2.24) is 24.6 Å². The molecule has 0 aliphatic heterocycles. The summed E-state index contributed by atoms with van der Waals surface area (Å²) in [4.78, 5) is 20.3. The van der Waals surface area contributed by atoms with Crippen LogP contribution in [0.1, 0.15) is 37.6 Å². The van der Waals surface area contributed by atoms with E-state index in [-0.39, 0.29) is 11.1 Å². The molecule has 0 saturated carbocycles. The van der Waals surface area contributed by atoms with Crippen LogP contribution in [0.15, 0.2) is 65.7 Å². The average Bonchev–Trinajstić information content (AvgIpc) is 3.41. The molecular weight excluding hydrogens is 428 g/mol. The van der Waals surface area contributed by atoms with Crippen LogP contribution in [0.5, 0.6) is 5.75 Å². The summed E-state index contributed by atoms with van der Waals surface area (Å²) in [5.41, 5.74) is 4.22. The van der Waals surface area contributed by atoms with Crippen molar-refractivity contribution in [1.29, 1.82) is 0 Å². The molecule has 0 radical (unpaired) electrons. The van der Waals surface area contributed by atoms with Gasteiger partial charge in [0.05, 0.1) is 5.69 Å². The zero-order valence-corrected chi connectivity index (χ0v) is 19.6. The summed E-state index contributed by atoms with van der Waals surface area (Å²) in [5.74, 6) is 1.43. The van der Waals surface area contributed by atoms with Crippen molar-refractivity contribution >= 4 is 22.4 Å². The Morgan fingerprint density at radius 3 is 2.74 bits per heavy atom. The largest absolute Gasteiger partial charge is 0.489 e. The van der Waals surface area contributed by atoms with Gasteiger partial charge < -0.3 is 15.0 Å². The molecule has 5 aromatic rings. The maximum Gasteiger partial charge on any atom is 0.347 e. The van der Waals surface area contributed by atoms with Gasteiger partial charge in [-0.15, -0.1) is 5.10 Å². The fraction of sp³-hybridized carbons (Fsp3) is 0.269. The molecule has 0 atom stereocenters. The summed E-state index contributed by atoms with van der Waals surface area (Å²) < 4.78 is 7.52. The highest BCUT2D eigenvalue weighted by Crippen LogP contribution is 2.26. The van der Waals surface area contributed by atoms with Crippen LogP contribution in [0.3, 0.4) is 0 Å². The number of fused-ring (bicyclic) bond motifs is 2. The van der Waals surface area contributed by atoms with E-state index in [1.807, 2.05) is 36.5 Å². The number of benzene rings is 2. The van der Waals surface area contributed by atoms with Gasteiger partial charge in [-0.3, -0.25) is 0 Å². The van der Waals surface area contributed by atoms with Crippen molar-refractivity contribution in [2.24, 2.45) is 0 Å². The summed E-state index contributed by atoms with van der Waals surface area (Å²) in [7, 11) is 0. The summed E-state index contributed by atoms with van der Waals surface area (Å²) in [6.45, 7) is 7.38. The Hall–Kier alpha value is -4.07. The van der Waals surface area contributed by atoms with Crippen LogP contribution in [0.25, 0.3) is 16.6 Å². The van der Waals surface area contributed by atoms with E-state index in [2.05, 4.69) is 59.5 Å². The van der Waals surface area contributed by atoms with Gasteiger partial charge in [-0.2, -0.15) is 0 Å². The molecular formula is C26H28N6O2. The molecule has 0 bridgehead atoms. The number of anilines is 1. The third kappa shape index (κ3) is 4.39. The van der Waals surface area contributed by atoms with Crippen LogP contribution >= 0.6 is 0 Å². The molecule has 0 unspecified atom stereocenters. The van der Waals surface area contributed by atoms with Crippen molar-refractivity contribution in [3.05, 3.63) is 88.2 Å². The van der Waals surface area contributed by atoms with Gasteiger partial charge in [0.15, 0.2) is 5.82 Å². The number of ether oxygens (including phenoxy) is 1. The van der Waals surface area contributed by atoms with E-state index in [0.29, 0.717) is 24.6 Å². The summed E-state index contributed by atoms with van der Waals surface area (Å²) in [6, 6.07) is 16.2. The Bertz CT molecular complexity index is 1490. The summed E-state index contributed by atoms with van der Waals surface area (Å²) >= 11 is 0. The average molecular weight is 457 g/mol. The number of aromatic nitrogens is 5. The van der Waals surface area contributed by atoms with Gasteiger partial charge in [0.2, 0.25) is 5.65 Å². The number of hydrogen-bond donors (Lipinski definition) is 3. The van der Waals surface area contributed by atoms with Gasteiger partial charge in [0.1, 0.15) is 12.4 Å². The number of nitrogens with zero attached hydrogens (tertiary/aromatic N) is 3. The predicted octanol–water partition coefficient (Wildman–Crippen LogP) is 4.43. The first-order valence-corrected chi connectivity index (χ1v) is 11.4. The second kappa shape index (κ2) is 8.70. The maximum atomic E-state index is 12.2. The molecule has 3 N–H and O–H groups in total. The standard InChI is InChI=1S/C26H28N6O2/c1-26(2,3)22-15-32-24(30-31-25(32)33)23(29-22)27-12-11-18-14-28-21-10-9-19(13-20(18)21)34-16-17-7-5-4-6-8-17/h4-10,13-15,28H,11-12,16H2,1-3H3,(H,27,29)(H,31,33). The zero-order chi connectivity index (χ0) is 23.7. The summed E-state index contributed by atoms with van der Waals surface area (Å²) in [6.07, 6.45) is 4.55. The van der Waals surface area contributed by atoms with Gasteiger partial charge in [0.25, 0.3) is 0 Å². The lowest BCUT2D eigenvalue weighted by Gasteiger charge is -2.19. The quantitative estimate of drug-likeness (QED) is 0.336. The highest BCUT2D eigenvalue weighted by molar-refractivity contribution is 5.84. The zero-order valence-electron chi connectivity index (χ0n) is 19.6. The van der Waals surface area contributed by atoms with Crippen molar-refractivity contribution < 1.29 is 4.74 Å². The Morgan fingerprint density at radius 2 is 1.94 bits per heavy atom. The van der Waals surface area contributed by atoms with Crippen molar-refractivity contribution in [2.45, 2.75) is 39.2 Å². The Kier molecular flexibility index (Phi) is 5.57. The van der Waals surface area contributed by atoms with Crippen molar-refractivity contribution in [2.75, 3.05) is 11.9 Å². The van der Waals surface area contributed by atoms with E-state index in [1.54, 1.807) is 6.20 Å². The van der Waals surface area contributed by atoms with Crippen LogP contribution in [-0.2, 0) is 18.4 Å². The van der Waals surface area contributed by atoms with E-state index < -0.39 is 0 Å². The second-order valence-corrected chi connectivity index (χ2v) is 9.42. The lowest BCUT2D eigenvalue weighted by molar-refractivity contribution is 0.306. The van der Waals surface area contributed by atoms with Gasteiger partial charge in [0, 0.05) is 35.3 Å². The molecule has 3 heterocycles. The number of hydrogen-bond acceptors (Lipinski definition) is 5. The molecule has 2 aromatic carbocycles. The number of rotatable bonds is 7. The Labute approximate surface area is 197 Å². The van der Waals surface area contributed by atoms with E-state index in [0.717, 1.165) is 34.3 Å². The number of H-pyrrole nitrogens is 2. The minimum atomic E-state index is -0.273. The first kappa shape index (κ1) is 21.8. The molecule has 0 amide bonds. The normalized spacial score (nSPS) is 11.9. The third-order valence-electron chi connectivity index (χ3n) is 5.84. The van der Waals surface area contributed by atoms with E-state index in [1.165, 1.54) is 9.96 Å². The predicted molar refractivity (Wildman–Crippen MR) is 134 cm³/mol. The molecule has 8 nitrogen and oxygen atoms in total. The van der Waals surface area contributed by atoms with E-state index in [9.17, 15) is 4.79 Å². The summed E-state index contributed by atoms with van der Waals surface area (Å²) in [5, 5.41) is 11.2. The minimum absolute atomic E-state index is 0.200. The first-order chi connectivity index (χ1) is 16.4. The SMILES string of the molecule is CC(C)(C)c1cn2c(=O)[nH]nc2c(NCCc2c[nH]c3ccc(OCc4ccccc4)cc23)n1. The minimum Gasteiger partial charge on any atom is -0.489 e. The highest BCUT2D eigenvalue weighted by atomic mass is 16.5. The molecule has 0 fully saturated rings. The monoisotopic (exact) mass is 456 g/mol. The lowest BCUT2D eigenvalue weighted by Crippen LogP contribution is -2.20. The first-order valence-electron chi connectivity index (χ1n) is 11.4. The van der Waals surface area contributed by atoms with Gasteiger partial charge in [-0.1, -0.05) is 51.1 Å². The van der Waals surface area contributed by atoms with Crippen LogP contribution in [-0.4, -0.2) is 31.1 Å². The third-order valence-corrected chi connectivity index (χ3v) is 5.84. The van der Waals surface area contributed by atoms with Crippen LogP contribution < -0.4 is 15.7 Å². The van der Waals surface area contributed by atoms with E-state index >= 15 is 0 Å². The topological polar surface area (TPSA) is 100 Å². The number of aromatic amines is 2. The van der Waals surface area contributed by atoms with Crippen molar-refractivity contribution in [3.8, 4) is 5.75 Å². The highest BCUT2D eigenvalue weighted by Gasteiger charge is 2.20. The molecule has 174 valence electrons. The van der Waals surface area contributed by atoms with Crippen LogP contribution in [0.4, 0.5) is 5.82 Å². The molecule has 5 rings (SSSR count). The van der Waals surface area contributed by atoms with Gasteiger partial charge >= 0.3 is 5.69 Å². The van der Waals surface area contributed by atoms with E-state index in [4.69, 9.17) is 9.72 Å². The maximum absolute atomic E-state index is 12.2. The van der Waals surface area contributed by atoms with Crippen LogP contribution in [0, 0.1) is 0 Å².